The van der Waals surface area contributed by atoms with Crippen LogP contribution in [0.4, 0.5) is 10.5 Å². The molecule has 1 aromatic carbocycles. The van der Waals surface area contributed by atoms with Crippen LogP contribution in [0.25, 0.3) is 0 Å². The van der Waals surface area contributed by atoms with Crippen LogP contribution in [0.15, 0.2) is 22.7 Å². The van der Waals surface area contributed by atoms with Gasteiger partial charge in [-0.2, -0.15) is 0 Å². The van der Waals surface area contributed by atoms with Crippen molar-refractivity contribution in [2.24, 2.45) is 0 Å². The molecule has 0 spiro atoms. The number of nitrogens with zero attached hydrogens (tertiary/aromatic N) is 1. The first-order valence-corrected chi connectivity index (χ1v) is 8.55. The minimum atomic E-state index is -0.446. The average molecular weight is 369 g/mol. The number of rotatable bonds is 2. The van der Waals surface area contributed by atoms with Crippen molar-refractivity contribution in [2.75, 3.05) is 18.4 Å². The molecule has 4 nitrogen and oxygen atoms in total. The molecule has 22 heavy (non-hydrogen) atoms. The summed E-state index contributed by atoms with van der Waals surface area (Å²) in [6.07, 6.45) is 1.83. The number of carbonyl (C=O) groups excluding carboxylic acids is 1. The Morgan fingerprint density at radius 1 is 1.41 bits per heavy atom. The highest BCUT2D eigenvalue weighted by Gasteiger charge is 2.27. The summed E-state index contributed by atoms with van der Waals surface area (Å²) in [6.45, 7) is 9.23. The Labute approximate surface area is 141 Å². The van der Waals surface area contributed by atoms with Gasteiger partial charge >= 0.3 is 6.09 Å². The Bertz CT molecular complexity index is 540. The molecule has 1 fully saturated rings. The SMILES string of the molecule is Cc1c(Br)cccc1NC1CCCN(C(=O)OC(C)(C)C)C1. The van der Waals surface area contributed by atoms with Crippen molar-refractivity contribution in [2.45, 2.75) is 52.2 Å². The van der Waals surface area contributed by atoms with Crippen LogP contribution in [0.2, 0.25) is 0 Å². The summed E-state index contributed by atoms with van der Waals surface area (Å²) in [4.78, 5) is 14.0. The maximum Gasteiger partial charge on any atom is 0.410 e. The number of hydrogen-bond acceptors (Lipinski definition) is 3. The van der Waals surface area contributed by atoms with Crippen LogP contribution in [0, 0.1) is 6.92 Å². The van der Waals surface area contributed by atoms with Gasteiger partial charge in [0.1, 0.15) is 5.60 Å². The zero-order valence-electron chi connectivity index (χ0n) is 13.8. The molecule has 1 aliphatic heterocycles. The van der Waals surface area contributed by atoms with Crippen molar-refractivity contribution in [1.82, 2.24) is 4.90 Å². The van der Waals surface area contributed by atoms with Gasteiger partial charge in [-0.05, 0) is 58.2 Å². The fourth-order valence-electron chi connectivity index (χ4n) is 2.57. The largest absolute Gasteiger partial charge is 0.444 e. The molecular formula is C17H25BrN2O2. The molecule has 0 bridgehead atoms. The maximum atomic E-state index is 12.2. The predicted molar refractivity (Wildman–Crippen MR) is 93.3 cm³/mol. The predicted octanol–water partition coefficient (Wildman–Crippen LogP) is 4.57. The third-order valence-electron chi connectivity index (χ3n) is 3.70. The van der Waals surface area contributed by atoms with Crippen LogP contribution >= 0.6 is 15.9 Å². The number of likely N-dealkylation sites (tertiary alicyclic amines) is 1. The van der Waals surface area contributed by atoms with E-state index >= 15 is 0 Å². The normalized spacial score (nSPS) is 19.0. The molecule has 0 saturated carbocycles. The van der Waals surface area contributed by atoms with Crippen molar-refractivity contribution in [1.29, 1.82) is 0 Å². The van der Waals surface area contributed by atoms with E-state index in [-0.39, 0.29) is 12.1 Å². The molecule has 1 unspecified atom stereocenters. The lowest BCUT2D eigenvalue weighted by molar-refractivity contribution is 0.0206. The van der Waals surface area contributed by atoms with Gasteiger partial charge in [-0.25, -0.2) is 4.79 Å². The van der Waals surface area contributed by atoms with E-state index in [2.05, 4.69) is 34.2 Å². The van der Waals surface area contributed by atoms with E-state index in [1.54, 1.807) is 4.90 Å². The van der Waals surface area contributed by atoms with Crippen molar-refractivity contribution in [3.05, 3.63) is 28.2 Å². The lowest BCUT2D eigenvalue weighted by atomic mass is 10.0. The van der Waals surface area contributed by atoms with Gasteiger partial charge in [-0.3, -0.25) is 0 Å². The molecule has 1 aliphatic rings. The third-order valence-corrected chi connectivity index (χ3v) is 4.56. The molecule has 1 saturated heterocycles. The molecule has 5 heteroatoms. The van der Waals surface area contributed by atoms with Crippen LogP contribution in [-0.2, 0) is 4.74 Å². The van der Waals surface area contributed by atoms with E-state index in [4.69, 9.17) is 4.74 Å². The Balaban J connectivity index is 1.99. The lowest BCUT2D eigenvalue weighted by Crippen LogP contribution is -2.47. The molecule has 1 N–H and O–H groups in total. The van der Waals surface area contributed by atoms with Crippen LogP contribution in [0.1, 0.15) is 39.2 Å². The molecule has 122 valence electrons. The first-order valence-electron chi connectivity index (χ1n) is 7.76. The minimum Gasteiger partial charge on any atom is -0.444 e. The number of ether oxygens (including phenoxy) is 1. The van der Waals surface area contributed by atoms with Crippen molar-refractivity contribution >= 4 is 27.7 Å². The van der Waals surface area contributed by atoms with E-state index in [1.165, 1.54) is 5.56 Å². The summed E-state index contributed by atoms with van der Waals surface area (Å²) >= 11 is 3.55. The number of carbonyl (C=O) groups is 1. The number of piperidine rings is 1. The topological polar surface area (TPSA) is 41.6 Å². The van der Waals surface area contributed by atoms with Crippen molar-refractivity contribution < 1.29 is 9.53 Å². The Kier molecular flexibility index (Phi) is 5.37. The molecular weight excluding hydrogens is 344 g/mol. The summed E-state index contributed by atoms with van der Waals surface area (Å²) < 4.78 is 6.57. The Morgan fingerprint density at radius 3 is 2.82 bits per heavy atom. The van der Waals surface area contributed by atoms with E-state index in [0.29, 0.717) is 6.54 Å². The Morgan fingerprint density at radius 2 is 2.14 bits per heavy atom. The second-order valence-corrected chi connectivity index (χ2v) is 7.68. The van der Waals surface area contributed by atoms with Crippen molar-refractivity contribution in [3.8, 4) is 0 Å². The number of halogens is 1. The number of anilines is 1. The van der Waals surface area contributed by atoms with Gasteiger partial charge in [0.15, 0.2) is 0 Å². The molecule has 1 heterocycles. The number of nitrogens with one attached hydrogen (secondary N) is 1. The molecule has 0 aromatic heterocycles. The average Bonchev–Trinajstić information content (AvgIpc) is 2.42. The van der Waals surface area contributed by atoms with Gasteiger partial charge < -0.3 is 15.0 Å². The van der Waals surface area contributed by atoms with Crippen LogP contribution in [-0.4, -0.2) is 35.7 Å². The molecule has 1 amide bonds. The van der Waals surface area contributed by atoms with E-state index in [9.17, 15) is 4.79 Å². The fourth-order valence-corrected chi connectivity index (χ4v) is 2.94. The van der Waals surface area contributed by atoms with Crippen LogP contribution < -0.4 is 5.32 Å². The van der Waals surface area contributed by atoms with E-state index in [1.807, 2.05) is 32.9 Å². The highest BCUT2D eigenvalue weighted by molar-refractivity contribution is 9.10. The quantitative estimate of drug-likeness (QED) is 0.830. The van der Waals surface area contributed by atoms with Gasteiger partial charge in [0.25, 0.3) is 0 Å². The van der Waals surface area contributed by atoms with Gasteiger partial charge in [0.2, 0.25) is 0 Å². The molecule has 0 radical (unpaired) electrons. The van der Waals surface area contributed by atoms with E-state index in [0.717, 1.165) is 29.5 Å². The molecule has 1 atom stereocenters. The van der Waals surface area contributed by atoms with Crippen LogP contribution in [0.5, 0.6) is 0 Å². The fraction of sp³-hybridized carbons (Fsp3) is 0.588. The smallest absolute Gasteiger partial charge is 0.410 e. The summed E-state index contributed by atoms with van der Waals surface area (Å²) in [5.41, 5.74) is 1.86. The summed E-state index contributed by atoms with van der Waals surface area (Å²) in [6, 6.07) is 6.39. The third kappa shape index (κ3) is 4.63. The first kappa shape index (κ1) is 17.1. The number of amides is 1. The minimum absolute atomic E-state index is 0.218. The van der Waals surface area contributed by atoms with E-state index < -0.39 is 5.60 Å². The second-order valence-electron chi connectivity index (χ2n) is 6.82. The number of hydrogen-bond donors (Lipinski definition) is 1. The van der Waals surface area contributed by atoms with Gasteiger partial charge in [0, 0.05) is 29.3 Å². The summed E-state index contributed by atoms with van der Waals surface area (Å²) in [5, 5.41) is 3.56. The molecule has 0 aliphatic carbocycles. The standard InChI is InChI=1S/C17H25BrN2O2/c1-12-14(18)8-5-9-15(12)19-13-7-6-10-20(11-13)16(21)22-17(2,3)4/h5,8-9,13,19H,6-7,10-11H2,1-4H3. The lowest BCUT2D eigenvalue weighted by Gasteiger charge is -2.35. The van der Waals surface area contributed by atoms with Gasteiger partial charge in [-0.15, -0.1) is 0 Å². The first-order chi connectivity index (χ1) is 10.3. The zero-order valence-corrected chi connectivity index (χ0v) is 15.4. The zero-order chi connectivity index (χ0) is 16.3. The number of benzene rings is 1. The van der Waals surface area contributed by atoms with Crippen LogP contribution in [0.3, 0.4) is 0 Å². The Hall–Kier alpha value is -1.23. The molecule has 1 aromatic rings. The second kappa shape index (κ2) is 6.90. The monoisotopic (exact) mass is 368 g/mol. The maximum absolute atomic E-state index is 12.2. The molecule has 2 rings (SSSR count). The highest BCUT2D eigenvalue weighted by Crippen LogP contribution is 2.26. The van der Waals surface area contributed by atoms with Gasteiger partial charge in [0.05, 0.1) is 0 Å². The highest BCUT2D eigenvalue weighted by atomic mass is 79.9. The van der Waals surface area contributed by atoms with Crippen molar-refractivity contribution in [3.63, 3.8) is 0 Å². The summed E-state index contributed by atoms with van der Waals surface area (Å²) in [7, 11) is 0. The summed E-state index contributed by atoms with van der Waals surface area (Å²) in [5.74, 6) is 0. The van der Waals surface area contributed by atoms with Gasteiger partial charge in [-0.1, -0.05) is 22.0 Å².